The zero-order valence-corrected chi connectivity index (χ0v) is 4.18. The van der Waals surface area contributed by atoms with Gasteiger partial charge in [-0.1, -0.05) is 0 Å². The molecule has 0 aliphatic carbocycles. The highest BCUT2D eigenvalue weighted by Crippen LogP contribution is 1.75. The highest BCUT2D eigenvalue weighted by molar-refractivity contribution is 5.99. The van der Waals surface area contributed by atoms with Crippen LogP contribution in [0.25, 0.3) is 0 Å². The Labute approximate surface area is 46.3 Å². The number of nitrogens with zero attached hydrogens (tertiary/aromatic N) is 1. The molecule has 1 N–H and O–H groups in total. The molecule has 0 atom stereocenters. The Hall–Kier alpha value is -0.900. The van der Waals surface area contributed by atoms with Gasteiger partial charge in [0.25, 0.3) is 0 Å². The second-order valence-electron chi connectivity index (χ2n) is 1.51. The summed E-state index contributed by atoms with van der Waals surface area (Å²) >= 11 is 0. The second kappa shape index (κ2) is 1.92. The molecule has 8 heavy (non-hydrogen) atoms. The standard InChI is InChI=1S/C4H5N2O2/c7-3-1-5-2-4(8)6-3/h1-2H2,(H,6,7,8). The Morgan fingerprint density at radius 2 is 1.75 bits per heavy atom. The predicted octanol–water partition coefficient (Wildman–Crippen LogP) is -1.75. The van der Waals surface area contributed by atoms with E-state index in [0.29, 0.717) is 0 Å². The number of imide groups is 1. The van der Waals surface area contributed by atoms with Gasteiger partial charge in [-0.05, 0) is 0 Å². The van der Waals surface area contributed by atoms with Crippen molar-refractivity contribution >= 4 is 11.8 Å². The van der Waals surface area contributed by atoms with Gasteiger partial charge in [0.05, 0.1) is 13.1 Å². The molecule has 1 fully saturated rings. The number of nitrogens with one attached hydrogen (secondary N) is 1. The van der Waals surface area contributed by atoms with Crippen LogP contribution in [0.1, 0.15) is 0 Å². The van der Waals surface area contributed by atoms with Crippen molar-refractivity contribution < 1.29 is 9.59 Å². The minimum absolute atomic E-state index is 0.131. The Morgan fingerprint density at radius 1 is 1.25 bits per heavy atom. The molecule has 1 rings (SSSR count). The average Bonchev–Trinajstić information content (AvgIpc) is 1.64. The summed E-state index contributed by atoms with van der Waals surface area (Å²) < 4.78 is 0. The Bertz CT molecular complexity index is 118. The third-order valence-corrected chi connectivity index (χ3v) is 0.790. The Balaban J connectivity index is 2.45. The van der Waals surface area contributed by atoms with Crippen LogP contribution >= 0.6 is 0 Å². The van der Waals surface area contributed by atoms with Crippen molar-refractivity contribution in [3.63, 3.8) is 0 Å². The maximum atomic E-state index is 10.2. The van der Waals surface area contributed by atoms with Gasteiger partial charge in [-0.2, -0.15) is 0 Å². The summed E-state index contributed by atoms with van der Waals surface area (Å²) in [7, 11) is 0. The van der Waals surface area contributed by atoms with Crippen molar-refractivity contribution in [2.45, 2.75) is 0 Å². The molecule has 2 amide bonds. The lowest BCUT2D eigenvalue weighted by molar-refractivity contribution is -0.131. The average molecular weight is 113 g/mol. The quantitative estimate of drug-likeness (QED) is 0.378. The molecule has 0 aromatic rings. The molecule has 43 valence electrons. The van der Waals surface area contributed by atoms with Crippen molar-refractivity contribution in [2.24, 2.45) is 0 Å². The zero-order valence-electron chi connectivity index (χ0n) is 4.18. The highest BCUT2D eigenvalue weighted by Gasteiger charge is 2.13. The topological polar surface area (TPSA) is 60.3 Å². The number of hydrogen-bond acceptors (Lipinski definition) is 2. The van der Waals surface area contributed by atoms with Gasteiger partial charge in [-0.15, -0.1) is 0 Å². The van der Waals surface area contributed by atoms with Crippen molar-refractivity contribution in [3.05, 3.63) is 0 Å². The van der Waals surface area contributed by atoms with E-state index in [1.807, 2.05) is 0 Å². The van der Waals surface area contributed by atoms with E-state index in [9.17, 15) is 9.59 Å². The van der Waals surface area contributed by atoms with Gasteiger partial charge in [0.2, 0.25) is 11.8 Å². The first-order valence-electron chi connectivity index (χ1n) is 2.25. The zero-order chi connectivity index (χ0) is 5.98. The van der Waals surface area contributed by atoms with Crippen LogP contribution in [-0.2, 0) is 9.59 Å². The lowest BCUT2D eigenvalue weighted by Gasteiger charge is -2.07. The third kappa shape index (κ3) is 1.04. The number of carbonyl (C=O) groups excluding carboxylic acids is 2. The number of carbonyl (C=O) groups is 2. The first kappa shape index (κ1) is 5.24. The van der Waals surface area contributed by atoms with Crippen molar-refractivity contribution in [1.82, 2.24) is 10.6 Å². The molecule has 0 spiro atoms. The fraction of sp³-hybridized carbons (Fsp3) is 0.500. The summed E-state index contributed by atoms with van der Waals surface area (Å²) in [6.45, 7) is 0.261. The first-order valence-corrected chi connectivity index (χ1v) is 2.25. The normalized spacial score (nSPS) is 20.5. The van der Waals surface area contributed by atoms with Crippen molar-refractivity contribution in [1.29, 1.82) is 0 Å². The summed E-state index contributed by atoms with van der Waals surface area (Å²) in [5, 5.41) is 5.69. The van der Waals surface area contributed by atoms with Crippen LogP contribution in [0.3, 0.4) is 0 Å². The summed E-state index contributed by atoms with van der Waals surface area (Å²) in [4.78, 5) is 20.5. The van der Waals surface area contributed by atoms with Gasteiger partial charge >= 0.3 is 0 Å². The summed E-state index contributed by atoms with van der Waals surface area (Å²) in [5.74, 6) is -0.609. The number of piperazine rings is 1. The van der Waals surface area contributed by atoms with Crippen LogP contribution < -0.4 is 10.6 Å². The Morgan fingerprint density at radius 3 is 2.00 bits per heavy atom. The van der Waals surface area contributed by atoms with Crippen LogP contribution in [-0.4, -0.2) is 24.9 Å². The van der Waals surface area contributed by atoms with Crippen LogP contribution in [0.4, 0.5) is 0 Å². The highest BCUT2D eigenvalue weighted by atomic mass is 16.2. The fourth-order valence-corrected chi connectivity index (χ4v) is 0.494. The van der Waals surface area contributed by atoms with E-state index in [4.69, 9.17) is 0 Å². The fourth-order valence-electron chi connectivity index (χ4n) is 0.494. The molecule has 4 nitrogen and oxygen atoms in total. The molecule has 0 aromatic heterocycles. The lowest BCUT2D eigenvalue weighted by Crippen LogP contribution is -2.45. The van der Waals surface area contributed by atoms with Crippen LogP contribution in [0.2, 0.25) is 0 Å². The van der Waals surface area contributed by atoms with Gasteiger partial charge in [-0.3, -0.25) is 14.9 Å². The largest absolute Gasteiger partial charge is 0.294 e. The van der Waals surface area contributed by atoms with E-state index in [0.717, 1.165) is 0 Å². The molecule has 4 heteroatoms. The molecule has 1 aliphatic heterocycles. The van der Waals surface area contributed by atoms with E-state index < -0.39 is 0 Å². The molecule has 1 saturated heterocycles. The SMILES string of the molecule is O=C1C[N]CC(=O)N1. The molecule has 0 aromatic carbocycles. The van der Waals surface area contributed by atoms with E-state index in [1.165, 1.54) is 0 Å². The van der Waals surface area contributed by atoms with E-state index >= 15 is 0 Å². The molecular weight excluding hydrogens is 108 g/mol. The maximum Gasteiger partial charge on any atom is 0.242 e. The molecule has 0 saturated carbocycles. The third-order valence-electron chi connectivity index (χ3n) is 0.790. The predicted molar refractivity (Wildman–Crippen MR) is 25.0 cm³/mol. The van der Waals surface area contributed by atoms with Gasteiger partial charge < -0.3 is 0 Å². The minimum Gasteiger partial charge on any atom is -0.294 e. The summed E-state index contributed by atoms with van der Waals surface area (Å²) in [5.41, 5.74) is 0. The molecule has 0 bridgehead atoms. The summed E-state index contributed by atoms with van der Waals surface area (Å²) in [6.07, 6.45) is 0. The number of rotatable bonds is 0. The molecule has 1 heterocycles. The summed E-state index contributed by atoms with van der Waals surface area (Å²) in [6, 6.07) is 0. The minimum atomic E-state index is -0.304. The Kier molecular flexibility index (Phi) is 1.26. The molecular formula is C4H5N2O2. The van der Waals surface area contributed by atoms with Crippen LogP contribution in [0.15, 0.2) is 0 Å². The van der Waals surface area contributed by atoms with Crippen LogP contribution in [0, 0.1) is 0 Å². The first-order chi connectivity index (χ1) is 3.79. The van der Waals surface area contributed by atoms with E-state index in [2.05, 4.69) is 10.6 Å². The second-order valence-corrected chi connectivity index (χ2v) is 1.51. The van der Waals surface area contributed by atoms with Crippen molar-refractivity contribution in [2.75, 3.05) is 13.1 Å². The maximum absolute atomic E-state index is 10.2. The molecule has 0 unspecified atom stereocenters. The molecule has 1 radical (unpaired) electrons. The van der Waals surface area contributed by atoms with Gasteiger partial charge in [0.15, 0.2) is 0 Å². The van der Waals surface area contributed by atoms with Gasteiger partial charge in [-0.25, -0.2) is 5.32 Å². The monoisotopic (exact) mass is 113 g/mol. The van der Waals surface area contributed by atoms with Gasteiger partial charge in [0.1, 0.15) is 0 Å². The van der Waals surface area contributed by atoms with E-state index in [1.54, 1.807) is 0 Å². The molecule has 1 aliphatic rings. The van der Waals surface area contributed by atoms with E-state index in [-0.39, 0.29) is 24.9 Å². The lowest BCUT2D eigenvalue weighted by atomic mass is 10.4. The number of amides is 2. The smallest absolute Gasteiger partial charge is 0.242 e. The van der Waals surface area contributed by atoms with Crippen molar-refractivity contribution in [3.8, 4) is 0 Å². The van der Waals surface area contributed by atoms with Gasteiger partial charge in [0, 0.05) is 0 Å². The number of hydrogen-bond donors (Lipinski definition) is 1. The van der Waals surface area contributed by atoms with Crippen LogP contribution in [0.5, 0.6) is 0 Å².